The molecule has 1 rings (SSSR count). The molecule has 0 fully saturated rings. The molecule has 0 unspecified atom stereocenters. The number of hydrogen-bond acceptors (Lipinski definition) is 7. The summed E-state index contributed by atoms with van der Waals surface area (Å²) in [6.07, 6.45) is 10.5. The van der Waals surface area contributed by atoms with Crippen LogP contribution < -0.4 is 26.7 Å². The zero-order valence-corrected chi connectivity index (χ0v) is 22.9. The highest BCUT2D eigenvalue weighted by atomic mass is 16.2. The van der Waals surface area contributed by atoms with E-state index in [1.165, 1.54) is 11.0 Å². The van der Waals surface area contributed by atoms with Gasteiger partial charge in [-0.1, -0.05) is 29.8 Å². The number of nitrogens with zero attached hydrogens (tertiary/aromatic N) is 4. The second-order valence-electron chi connectivity index (χ2n) is 8.56. The molecule has 0 spiro atoms. The second kappa shape index (κ2) is 17.5. The minimum atomic E-state index is -0.569. The lowest BCUT2D eigenvalue weighted by Gasteiger charge is -2.23. The van der Waals surface area contributed by atoms with Crippen LogP contribution in [0.1, 0.15) is 38.7 Å². The van der Waals surface area contributed by atoms with Crippen LogP contribution in [0.15, 0.2) is 35.6 Å². The number of nitrogens with one attached hydrogen (secondary N) is 4. The lowest BCUT2D eigenvalue weighted by molar-refractivity contribution is -0.366. The van der Waals surface area contributed by atoms with Crippen LogP contribution >= 0.6 is 0 Å². The largest absolute Gasteiger partial charge is 0.434 e. The molecular formula is C26H42N9O2+. The van der Waals surface area contributed by atoms with Crippen molar-refractivity contribution in [1.82, 2.24) is 25.4 Å². The summed E-state index contributed by atoms with van der Waals surface area (Å²) in [5, 5.41) is 8.99. The Hall–Kier alpha value is -3.91. The molecule has 0 saturated carbocycles. The quantitative estimate of drug-likeness (QED) is 0.0943. The van der Waals surface area contributed by atoms with Crippen LogP contribution in [0.5, 0.6) is 0 Å². The first-order chi connectivity index (χ1) is 17.7. The normalized spacial score (nSPS) is 12.4. The Morgan fingerprint density at radius 3 is 2.70 bits per heavy atom. The van der Waals surface area contributed by atoms with E-state index in [2.05, 4.69) is 49.7 Å². The number of aromatic nitrogens is 2. The Morgan fingerprint density at radius 1 is 1.27 bits per heavy atom. The van der Waals surface area contributed by atoms with Crippen molar-refractivity contribution in [1.29, 1.82) is 0 Å². The van der Waals surface area contributed by atoms with E-state index in [0.717, 1.165) is 18.5 Å². The molecule has 202 valence electrons. The highest BCUT2D eigenvalue weighted by Crippen LogP contribution is 2.12. The van der Waals surface area contributed by atoms with Crippen molar-refractivity contribution in [2.75, 3.05) is 53.1 Å². The maximum atomic E-state index is 12.4. The molecule has 0 aliphatic carbocycles. The first kappa shape index (κ1) is 31.1. The Balaban J connectivity index is 2.64. The van der Waals surface area contributed by atoms with Gasteiger partial charge in [-0.25, -0.2) is 4.98 Å². The van der Waals surface area contributed by atoms with Crippen LogP contribution in [0.25, 0.3) is 0 Å². The van der Waals surface area contributed by atoms with E-state index in [0.29, 0.717) is 43.5 Å². The zero-order chi connectivity index (χ0) is 27.6. The van der Waals surface area contributed by atoms with Gasteiger partial charge in [0.15, 0.2) is 0 Å². The van der Waals surface area contributed by atoms with Gasteiger partial charge in [0.05, 0.1) is 6.20 Å². The van der Waals surface area contributed by atoms with Gasteiger partial charge in [0.2, 0.25) is 23.5 Å². The fourth-order valence-corrected chi connectivity index (χ4v) is 2.80. The Kier molecular flexibility index (Phi) is 14.7. The third kappa shape index (κ3) is 12.6. The summed E-state index contributed by atoms with van der Waals surface area (Å²) in [6, 6.07) is -0.569. The van der Waals surface area contributed by atoms with Crippen molar-refractivity contribution in [2.24, 2.45) is 10.7 Å². The molecule has 0 aliphatic heterocycles. The number of H-pyrrole nitrogens is 1. The van der Waals surface area contributed by atoms with Gasteiger partial charge < -0.3 is 31.5 Å². The van der Waals surface area contributed by atoms with Gasteiger partial charge in [0.25, 0.3) is 0 Å². The van der Waals surface area contributed by atoms with Crippen molar-refractivity contribution >= 4 is 29.4 Å². The monoisotopic (exact) mass is 512 g/mol. The molecule has 0 aromatic carbocycles. The number of nitrogens with two attached hydrogens (primary N) is 1. The van der Waals surface area contributed by atoms with Gasteiger partial charge in [0, 0.05) is 58.5 Å². The van der Waals surface area contributed by atoms with Crippen LogP contribution in [0, 0.1) is 11.8 Å². The van der Waals surface area contributed by atoms with Gasteiger partial charge in [-0.2, -0.15) is 0 Å². The molecule has 1 atom stereocenters. The minimum absolute atomic E-state index is 0.199. The standard InChI is InChI=1S/C26H41N9O2/c1-7-15-29-24-21(19-31-26(33-24)32-22(27)14-17-28-3)12-9-8-10-16-30-25(37)20(2)35(6)23(36)13-11-18-34(4)5/h11,13-14,17,19-20,28H,7-8,10,15-16,18H2,1-6H3,(H,30,37)(H3,27,29,31,32,33)/p+1/b13-11+,17-14-/t20-/m0/s1. The lowest BCUT2D eigenvalue weighted by Crippen LogP contribution is -2.45. The molecule has 0 radical (unpaired) electrons. The minimum Gasteiger partial charge on any atom is -0.394 e. The van der Waals surface area contributed by atoms with Gasteiger partial charge in [0.1, 0.15) is 11.6 Å². The van der Waals surface area contributed by atoms with E-state index >= 15 is 0 Å². The van der Waals surface area contributed by atoms with Crippen LogP contribution in [-0.4, -0.2) is 86.3 Å². The Morgan fingerprint density at radius 2 is 2.03 bits per heavy atom. The summed E-state index contributed by atoms with van der Waals surface area (Å²) in [5.74, 6) is 7.15. The van der Waals surface area contributed by atoms with E-state index in [9.17, 15) is 9.59 Å². The molecule has 6 N–H and O–H groups in total. The number of aliphatic imine (C=N–C) groups is 1. The van der Waals surface area contributed by atoms with Gasteiger partial charge >= 0.3 is 5.95 Å². The fraction of sp³-hybridized carbons (Fsp3) is 0.500. The van der Waals surface area contributed by atoms with E-state index in [1.807, 2.05) is 19.0 Å². The maximum absolute atomic E-state index is 12.4. The maximum Gasteiger partial charge on any atom is 0.434 e. The summed E-state index contributed by atoms with van der Waals surface area (Å²) < 4.78 is 0. The zero-order valence-electron chi connectivity index (χ0n) is 22.9. The second-order valence-corrected chi connectivity index (χ2v) is 8.56. The van der Waals surface area contributed by atoms with Crippen molar-refractivity contribution in [3.8, 4) is 11.8 Å². The van der Waals surface area contributed by atoms with Crippen LogP contribution in [0.2, 0.25) is 0 Å². The number of anilines is 1. The van der Waals surface area contributed by atoms with E-state index < -0.39 is 6.04 Å². The molecular weight excluding hydrogens is 470 g/mol. The van der Waals surface area contributed by atoms with Crippen molar-refractivity contribution in [2.45, 2.75) is 39.2 Å². The third-order valence-corrected chi connectivity index (χ3v) is 5.06. The number of carbonyl (C=O) groups excluding carboxylic acids is 2. The molecule has 0 aliphatic rings. The number of unbranched alkanes of at least 4 members (excludes halogenated alkanes) is 1. The predicted octanol–water partition coefficient (Wildman–Crippen LogP) is 0.652. The number of hydrogen-bond donors (Lipinski definition) is 4. The number of amidine groups is 1. The van der Waals surface area contributed by atoms with Gasteiger partial charge in [-0.05, 0) is 38.8 Å². The summed E-state index contributed by atoms with van der Waals surface area (Å²) in [7, 11) is 7.24. The third-order valence-electron chi connectivity index (χ3n) is 5.06. The van der Waals surface area contributed by atoms with Gasteiger partial charge in [-0.3, -0.25) is 9.59 Å². The van der Waals surface area contributed by atoms with E-state index in [-0.39, 0.29) is 11.8 Å². The molecule has 2 amide bonds. The summed E-state index contributed by atoms with van der Waals surface area (Å²) in [6.45, 7) is 5.65. The van der Waals surface area contributed by atoms with Crippen LogP contribution in [0.4, 0.5) is 11.8 Å². The molecule has 0 saturated heterocycles. The van der Waals surface area contributed by atoms with E-state index in [4.69, 9.17) is 5.73 Å². The molecule has 1 aromatic heterocycles. The number of likely N-dealkylation sites (N-methyl/N-ethyl adjacent to an activating group) is 2. The smallest absolute Gasteiger partial charge is 0.394 e. The average Bonchev–Trinajstić information content (AvgIpc) is 2.87. The Labute approximate surface area is 220 Å². The number of rotatable bonds is 14. The van der Waals surface area contributed by atoms with Crippen molar-refractivity contribution in [3.63, 3.8) is 0 Å². The average molecular weight is 513 g/mol. The summed E-state index contributed by atoms with van der Waals surface area (Å²) in [4.78, 5) is 39.7. The van der Waals surface area contributed by atoms with Gasteiger partial charge in [-0.15, -0.1) is 0 Å². The van der Waals surface area contributed by atoms with Crippen molar-refractivity contribution < 1.29 is 14.6 Å². The first-order valence-corrected chi connectivity index (χ1v) is 12.4. The lowest BCUT2D eigenvalue weighted by atomic mass is 10.2. The molecule has 11 nitrogen and oxygen atoms in total. The number of aromatic amines is 1. The molecule has 0 bridgehead atoms. The van der Waals surface area contributed by atoms with E-state index in [1.54, 1.807) is 45.6 Å². The topological polar surface area (TPSA) is 142 Å². The molecule has 1 heterocycles. The fourth-order valence-electron chi connectivity index (χ4n) is 2.80. The molecule has 37 heavy (non-hydrogen) atoms. The van der Waals surface area contributed by atoms with Crippen LogP contribution in [-0.2, 0) is 9.59 Å². The number of carbonyl (C=O) groups is 2. The predicted molar refractivity (Wildman–Crippen MR) is 148 cm³/mol. The summed E-state index contributed by atoms with van der Waals surface area (Å²) in [5.41, 5.74) is 6.59. The van der Waals surface area contributed by atoms with Crippen molar-refractivity contribution in [3.05, 3.63) is 36.2 Å². The summed E-state index contributed by atoms with van der Waals surface area (Å²) >= 11 is 0. The Bertz CT molecular complexity index is 1020. The van der Waals surface area contributed by atoms with Crippen LogP contribution in [0.3, 0.4) is 0 Å². The SMILES string of the molecule is CCCNc1nc(/N=C(N)\C=C/NC)[nH+]cc1C#CCCCNC(=O)[C@H](C)N(C)C(=O)/C=C/CN(C)C. The molecule has 1 aromatic rings. The first-order valence-electron chi connectivity index (χ1n) is 12.4. The highest BCUT2D eigenvalue weighted by molar-refractivity contribution is 5.93. The number of amides is 2. The highest BCUT2D eigenvalue weighted by Gasteiger charge is 2.20. The molecule has 11 heteroatoms.